The average molecular weight is 303 g/mol. The summed E-state index contributed by atoms with van der Waals surface area (Å²) in [6.45, 7) is 6.42. The predicted octanol–water partition coefficient (Wildman–Crippen LogP) is 5.46. The maximum atomic E-state index is 6.68. The molecule has 0 spiro atoms. The zero-order chi connectivity index (χ0) is 15.4. The first kappa shape index (κ1) is 15.9. The second-order valence-electron chi connectivity index (χ2n) is 5.33. The molecule has 0 saturated carbocycles. The van der Waals surface area contributed by atoms with Crippen LogP contribution in [0.5, 0.6) is 5.75 Å². The molecule has 0 fully saturated rings. The molecular weight excluding hydrogens is 280 g/mol. The lowest BCUT2D eigenvalue weighted by molar-refractivity contribution is 0.411. The van der Waals surface area contributed by atoms with Crippen LogP contribution in [0.4, 0.5) is 0 Å². The van der Waals surface area contributed by atoms with Crippen molar-refractivity contribution < 1.29 is 4.74 Å². The second-order valence-corrected chi connectivity index (χ2v) is 5.76. The van der Waals surface area contributed by atoms with E-state index in [1.807, 2.05) is 13.0 Å². The van der Waals surface area contributed by atoms with Crippen LogP contribution in [0.1, 0.15) is 47.0 Å². The van der Waals surface area contributed by atoms with Gasteiger partial charge in [-0.15, -0.1) is 11.6 Å². The van der Waals surface area contributed by atoms with E-state index in [4.69, 9.17) is 16.3 Å². The van der Waals surface area contributed by atoms with Crippen molar-refractivity contribution in [2.45, 2.75) is 39.0 Å². The molecule has 21 heavy (non-hydrogen) atoms. The molecule has 112 valence electrons. The fourth-order valence-corrected chi connectivity index (χ4v) is 2.94. The molecule has 0 radical (unpaired) electrons. The van der Waals surface area contributed by atoms with Gasteiger partial charge in [0.25, 0.3) is 0 Å². The SMILES string of the molecule is CCc1ccc(C(Cl)c2ccc(C)c(OC)c2)cc1CC. The molecule has 0 aliphatic rings. The van der Waals surface area contributed by atoms with E-state index in [9.17, 15) is 0 Å². The Labute approximate surface area is 132 Å². The summed E-state index contributed by atoms with van der Waals surface area (Å²) in [5, 5.41) is -0.143. The average Bonchev–Trinajstić information content (AvgIpc) is 2.53. The lowest BCUT2D eigenvalue weighted by Crippen LogP contribution is -1.99. The Balaban J connectivity index is 2.37. The molecule has 0 aliphatic carbocycles. The summed E-state index contributed by atoms with van der Waals surface area (Å²) >= 11 is 6.68. The summed E-state index contributed by atoms with van der Waals surface area (Å²) < 4.78 is 5.39. The smallest absolute Gasteiger partial charge is 0.122 e. The van der Waals surface area contributed by atoms with E-state index in [1.165, 1.54) is 11.1 Å². The molecule has 1 atom stereocenters. The van der Waals surface area contributed by atoms with Gasteiger partial charge in [-0.05, 0) is 53.6 Å². The van der Waals surface area contributed by atoms with Crippen molar-refractivity contribution in [2.75, 3.05) is 7.11 Å². The lowest BCUT2D eigenvalue weighted by Gasteiger charge is -2.15. The first-order chi connectivity index (χ1) is 10.1. The summed E-state index contributed by atoms with van der Waals surface area (Å²) in [7, 11) is 1.70. The van der Waals surface area contributed by atoms with E-state index in [0.717, 1.165) is 35.3 Å². The minimum Gasteiger partial charge on any atom is -0.496 e. The van der Waals surface area contributed by atoms with Crippen molar-refractivity contribution in [1.29, 1.82) is 0 Å². The van der Waals surface area contributed by atoms with Gasteiger partial charge in [0.1, 0.15) is 5.75 Å². The van der Waals surface area contributed by atoms with E-state index in [-0.39, 0.29) is 5.38 Å². The molecule has 2 heteroatoms. The van der Waals surface area contributed by atoms with Gasteiger partial charge >= 0.3 is 0 Å². The number of benzene rings is 2. The summed E-state index contributed by atoms with van der Waals surface area (Å²) in [5.41, 5.74) is 6.15. The van der Waals surface area contributed by atoms with Gasteiger partial charge in [0.15, 0.2) is 0 Å². The summed E-state index contributed by atoms with van der Waals surface area (Å²) in [6, 6.07) is 12.8. The first-order valence-corrected chi connectivity index (χ1v) is 7.94. The van der Waals surface area contributed by atoms with E-state index < -0.39 is 0 Å². The van der Waals surface area contributed by atoms with Crippen molar-refractivity contribution >= 4 is 11.6 Å². The van der Waals surface area contributed by atoms with Crippen molar-refractivity contribution in [3.63, 3.8) is 0 Å². The van der Waals surface area contributed by atoms with Crippen LogP contribution in [0.25, 0.3) is 0 Å². The highest BCUT2D eigenvalue weighted by atomic mass is 35.5. The molecule has 0 heterocycles. The number of ether oxygens (including phenoxy) is 1. The molecule has 0 amide bonds. The molecule has 1 unspecified atom stereocenters. The molecule has 2 rings (SSSR count). The van der Waals surface area contributed by atoms with E-state index in [2.05, 4.69) is 44.2 Å². The van der Waals surface area contributed by atoms with Crippen molar-refractivity contribution in [3.05, 3.63) is 64.2 Å². The third kappa shape index (κ3) is 3.41. The van der Waals surface area contributed by atoms with Gasteiger partial charge in [0.05, 0.1) is 12.5 Å². The van der Waals surface area contributed by atoms with Gasteiger partial charge in [-0.25, -0.2) is 0 Å². The first-order valence-electron chi connectivity index (χ1n) is 7.51. The monoisotopic (exact) mass is 302 g/mol. The molecule has 1 nitrogen and oxygen atoms in total. The Bertz CT molecular complexity index is 619. The fraction of sp³-hybridized carbons (Fsp3) is 0.368. The molecule has 0 N–H and O–H groups in total. The third-order valence-electron chi connectivity index (χ3n) is 4.01. The van der Waals surface area contributed by atoms with E-state index in [0.29, 0.717) is 0 Å². The molecule has 2 aromatic carbocycles. The minimum atomic E-state index is -0.143. The van der Waals surface area contributed by atoms with Gasteiger partial charge in [-0.3, -0.25) is 0 Å². The Morgan fingerprint density at radius 3 is 2.19 bits per heavy atom. The van der Waals surface area contributed by atoms with Crippen LogP contribution in [0.2, 0.25) is 0 Å². The Morgan fingerprint density at radius 2 is 1.57 bits per heavy atom. The van der Waals surface area contributed by atoms with Crippen LogP contribution in [-0.2, 0) is 12.8 Å². The molecule has 0 bridgehead atoms. The molecule has 0 aliphatic heterocycles. The topological polar surface area (TPSA) is 9.23 Å². The lowest BCUT2D eigenvalue weighted by atomic mass is 9.96. The number of halogens is 1. The van der Waals surface area contributed by atoms with Gasteiger partial charge in [-0.1, -0.05) is 44.2 Å². The van der Waals surface area contributed by atoms with Crippen LogP contribution < -0.4 is 4.74 Å². The highest BCUT2D eigenvalue weighted by Gasteiger charge is 2.14. The highest BCUT2D eigenvalue weighted by molar-refractivity contribution is 6.22. The van der Waals surface area contributed by atoms with Gasteiger partial charge < -0.3 is 4.74 Å². The standard InChI is InChI=1S/C19H23ClO/c1-5-14-9-10-16(11-15(14)6-2)19(20)17-8-7-13(3)18(12-17)21-4/h7-12,19H,5-6H2,1-4H3. The minimum absolute atomic E-state index is 0.143. The highest BCUT2D eigenvalue weighted by Crippen LogP contribution is 2.33. The number of methoxy groups -OCH3 is 1. The van der Waals surface area contributed by atoms with Crippen LogP contribution in [-0.4, -0.2) is 7.11 Å². The van der Waals surface area contributed by atoms with Crippen LogP contribution in [0.15, 0.2) is 36.4 Å². The normalized spacial score (nSPS) is 12.2. The van der Waals surface area contributed by atoms with Gasteiger partial charge in [0, 0.05) is 0 Å². The van der Waals surface area contributed by atoms with Gasteiger partial charge in [0.2, 0.25) is 0 Å². The number of alkyl halides is 1. The Morgan fingerprint density at radius 1 is 0.952 bits per heavy atom. The van der Waals surface area contributed by atoms with Gasteiger partial charge in [-0.2, -0.15) is 0 Å². The maximum Gasteiger partial charge on any atom is 0.122 e. The Kier molecular flexibility index (Phi) is 5.30. The van der Waals surface area contributed by atoms with Crippen LogP contribution in [0.3, 0.4) is 0 Å². The number of aryl methyl sites for hydroxylation is 3. The summed E-state index contributed by atoms with van der Waals surface area (Å²) in [6.07, 6.45) is 2.10. The van der Waals surface area contributed by atoms with Crippen LogP contribution in [0, 0.1) is 6.92 Å². The number of hydrogen-bond acceptors (Lipinski definition) is 1. The van der Waals surface area contributed by atoms with E-state index in [1.54, 1.807) is 7.11 Å². The molecule has 0 saturated heterocycles. The second kappa shape index (κ2) is 7.00. The number of hydrogen-bond donors (Lipinski definition) is 0. The quantitative estimate of drug-likeness (QED) is 0.667. The molecule has 0 aromatic heterocycles. The summed E-state index contributed by atoms with van der Waals surface area (Å²) in [4.78, 5) is 0. The third-order valence-corrected chi connectivity index (χ3v) is 4.51. The van der Waals surface area contributed by atoms with E-state index >= 15 is 0 Å². The Hall–Kier alpha value is -1.47. The molecular formula is C19H23ClO. The molecule has 2 aromatic rings. The zero-order valence-corrected chi connectivity index (χ0v) is 14.0. The van der Waals surface area contributed by atoms with Crippen LogP contribution >= 0.6 is 11.6 Å². The van der Waals surface area contributed by atoms with Crippen molar-refractivity contribution in [3.8, 4) is 5.75 Å². The fourth-order valence-electron chi connectivity index (χ4n) is 2.66. The zero-order valence-electron chi connectivity index (χ0n) is 13.2. The predicted molar refractivity (Wildman–Crippen MR) is 90.6 cm³/mol. The van der Waals surface area contributed by atoms with Crippen molar-refractivity contribution in [1.82, 2.24) is 0 Å². The number of rotatable bonds is 5. The largest absolute Gasteiger partial charge is 0.496 e. The van der Waals surface area contributed by atoms with Crippen molar-refractivity contribution in [2.24, 2.45) is 0 Å². The summed E-state index contributed by atoms with van der Waals surface area (Å²) in [5.74, 6) is 0.888. The maximum absolute atomic E-state index is 6.68.